The monoisotopic (exact) mass is 489 g/mol. The highest BCUT2D eigenvalue weighted by atomic mass is 35.5. The van der Waals surface area contributed by atoms with E-state index in [0.29, 0.717) is 37.8 Å². The van der Waals surface area contributed by atoms with Crippen LogP contribution in [0, 0.1) is 5.21 Å². The largest absolute Gasteiger partial charge is 0.619 e. The van der Waals surface area contributed by atoms with Crippen molar-refractivity contribution in [2.75, 3.05) is 5.48 Å². The van der Waals surface area contributed by atoms with Gasteiger partial charge in [0.05, 0.1) is 16.4 Å². The number of aromatic hydroxyl groups is 1. The number of fused-ring (bicyclic) bond motifs is 1. The highest BCUT2D eigenvalue weighted by Crippen LogP contribution is 2.39. The molecule has 0 bridgehead atoms. The van der Waals surface area contributed by atoms with Gasteiger partial charge in [0.2, 0.25) is 12.1 Å². The minimum atomic E-state index is -0.0853. The maximum atomic E-state index is 11.3. The molecule has 0 aliphatic carbocycles. The minimum Gasteiger partial charge on any atom is -0.619 e. The van der Waals surface area contributed by atoms with E-state index in [1.165, 1.54) is 0 Å². The lowest BCUT2D eigenvalue weighted by atomic mass is 10.0. The summed E-state index contributed by atoms with van der Waals surface area (Å²) in [5.74, 6) is -0.0853. The van der Waals surface area contributed by atoms with Crippen LogP contribution in [0.2, 0.25) is 5.02 Å². The van der Waals surface area contributed by atoms with Gasteiger partial charge in [-0.05, 0) is 35.7 Å². The molecule has 0 aromatic heterocycles. The molecule has 0 amide bonds. The minimum absolute atomic E-state index is 0.0390. The van der Waals surface area contributed by atoms with Crippen LogP contribution in [0.1, 0.15) is 5.56 Å². The predicted molar refractivity (Wildman–Crippen MR) is 136 cm³/mol. The van der Waals surface area contributed by atoms with Crippen LogP contribution >= 0.6 is 11.6 Å². The summed E-state index contributed by atoms with van der Waals surface area (Å²) in [4.78, 5) is 10.4. The van der Waals surface area contributed by atoms with Crippen LogP contribution in [0.3, 0.4) is 0 Å². The molecule has 4 rings (SSSR count). The van der Waals surface area contributed by atoms with E-state index < -0.39 is 0 Å². The Balaban J connectivity index is 1.48. The average Bonchev–Trinajstić information content (AvgIpc) is 2.87. The molecule has 0 atom stereocenters. The third-order valence-corrected chi connectivity index (χ3v) is 5.24. The number of nitrogens with zero attached hydrogens (tertiary/aromatic N) is 4. The molecule has 0 aliphatic rings. The summed E-state index contributed by atoms with van der Waals surface area (Å²) >= 11 is 6.03. The number of benzene rings is 4. The van der Waals surface area contributed by atoms with Crippen LogP contribution in [0.5, 0.6) is 5.75 Å². The van der Waals surface area contributed by atoms with Crippen molar-refractivity contribution >= 4 is 58.2 Å². The molecule has 10 heteroatoms. The molecule has 0 spiro atoms. The third-order valence-electron chi connectivity index (χ3n) is 4.91. The van der Waals surface area contributed by atoms with Crippen LogP contribution in [0.15, 0.2) is 94.2 Å². The number of oxime groups is 1. The molecule has 0 heterocycles. The summed E-state index contributed by atoms with van der Waals surface area (Å²) < 4.78 is 0.504. The van der Waals surface area contributed by atoms with Gasteiger partial charge in [-0.2, -0.15) is 9.85 Å². The van der Waals surface area contributed by atoms with Crippen LogP contribution in [0.4, 0.5) is 22.7 Å². The Bertz CT molecular complexity index is 1410. The Morgan fingerprint density at radius 1 is 1.03 bits per heavy atom. The van der Waals surface area contributed by atoms with Crippen molar-refractivity contribution in [3.05, 3.63) is 94.7 Å². The van der Waals surface area contributed by atoms with E-state index in [1.54, 1.807) is 54.6 Å². The Morgan fingerprint density at radius 2 is 1.77 bits per heavy atom. The zero-order chi connectivity index (χ0) is 24.6. The van der Waals surface area contributed by atoms with Gasteiger partial charge < -0.3 is 20.0 Å². The standard InChI is InChI=1S/C25H20ClN5O4/c1-31(33)20-12-10-19(11-13-20)28-29-24-21-7-3-2-6-17(21)14-18(25(24)32)15-34-27-16-35-30-23-9-5-4-8-22(23)26/h2-14,16,30,32H,1,15H2/b27-16+,29-28?. The maximum Gasteiger partial charge on any atom is 0.245 e. The molecule has 4 aromatic rings. The SMILES string of the molecule is C=[N+]([O-])c1ccc(N=Nc2c(O)c(CO/N=C/ONc3ccccc3Cl)cc3ccccc23)cc1. The first-order chi connectivity index (χ1) is 17.0. The molecule has 2 N–H and O–H groups in total. The van der Waals surface area contributed by atoms with Gasteiger partial charge >= 0.3 is 0 Å². The number of rotatable bonds is 9. The fraction of sp³-hybridized carbons (Fsp3) is 0.0400. The van der Waals surface area contributed by atoms with Gasteiger partial charge in [-0.15, -0.1) is 5.11 Å². The van der Waals surface area contributed by atoms with E-state index in [-0.39, 0.29) is 18.0 Å². The number of azo groups is 1. The molecule has 0 radical (unpaired) electrons. The lowest BCUT2D eigenvalue weighted by Gasteiger charge is -2.10. The second-order valence-electron chi connectivity index (χ2n) is 7.23. The van der Waals surface area contributed by atoms with Crippen molar-refractivity contribution in [1.29, 1.82) is 0 Å². The maximum absolute atomic E-state index is 11.3. The Hall–Kier alpha value is -4.63. The van der Waals surface area contributed by atoms with E-state index in [1.807, 2.05) is 24.3 Å². The first kappa shape index (κ1) is 23.5. The van der Waals surface area contributed by atoms with E-state index in [2.05, 4.69) is 27.6 Å². The van der Waals surface area contributed by atoms with Gasteiger partial charge in [-0.25, -0.2) is 5.48 Å². The topological polar surface area (TPSA) is 114 Å². The summed E-state index contributed by atoms with van der Waals surface area (Å²) in [7, 11) is 0. The number of anilines is 1. The number of para-hydroxylation sites is 1. The lowest BCUT2D eigenvalue weighted by Crippen LogP contribution is -2.00. The quantitative estimate of drug-likeness (QED) is 0.0658. The molecule has 0 saturated heterocycles. The van der Waals surface area contributed by atoms with Crippen molar-refractivity contribution in [1.82, 2.24) is 0 Å². The number of halogens is 1. The van der Waals surface area contributed by atoms with Gasteiger partial charge in [0.1, 0.15) is 24.8 Å². The fourth-order valence-electron chi connectivity index (χ4n) is 3.17. The molecular weight excluding hydrogens is 470 g/mol. The first-order valence-corrected chi connectivity index (χ1v) is 10.7. The molecular formula is C25H20ClN5O4. The molecule has 0 saturated carbocycles. The van der Waals surface area contributed by atoms with Crippen LogP contribution in [-0.2, 0) is 16.3 Å². The fourth-order valence-corrected chi connectivity index (χ4v) is 3.35. The van der Waals surface area contributed by atoms with Crippen molar-refractivity contribution < 1.29 is 19.5 Å². The van der Waals surface area contributed by atoms with Gasteiger partial charge in [-0.3, -0.25) is 0 Å². The van der Waals surface area contributed by atoms with Crippen LogP contribution in [0.25, 0.3) is 10.8 Å². The zero-order valence-corrected chi connectivity index (χ0v) is 19.1. The first-order valence-electron chi connectivity index (χ1n) is 10.4. The summed E-state index contributed by atoms with van der Waals surface area (Å²) in [5, 5.41) is 36.4. The van der Waals surface area contributed by atoms with Crippen molar-refractivity contribution in [3.8, 4) is 5.75 Å². The summed E-state index contributed by atoms with van der Waals surface area (Å²) in [5.41, 5.74) is 4.86. The molecule has 0 unspecified atom stereocenters. The number of hydrogen-bond donors (Lipinski definition) is 2. The Morgan fingerprint density at radius 3 is 2.54 bits per heavy atom. The van der Waals surface area contributed by atoms with E-state index in [4.69, 9.17) is 21.3 Å². The molecule has 0 aliphatic heterocycles. The lowest BCUT2D eigenvalue weighted by molar-refractivity contribution is -0.349. The van der Waals surface area contributed by atoms with Crippen LogP contribution in [-0.4, -0.2) is 23.0 Å². The highest BCUT2D eigenvalue weighted by molar-refractivity contribution is 6.33. The summed E-state index contributed by atoms with van der Waals surface area (Å²) in [6, 6.07) is 22.7. The summed E-state index contributed by atoms with van der Waals surface area (Å²) in [6.07, 6.45) is 1.07. The van der Waals surface area contributed by atoms with Gasteiger partial charge in [0, 0.05) is 23.1 Å². The molecule has 35 heavy (non-hydrogen) atoms. The second-order valence-corrected chi connectivity index (χ2v) is 7.64. The number of phenols is 1. The summed E-state index contributed by atoms with van der Waals surface area (Å²) in [6.45, 7) is 3.26. The smallest absolute Gasteiger partial charge is 0.245 e. The van der Waals surface area contributed by atoms with Crippen LogP contribution < -0.4 is 5.48 Å². The Kier molecular flexibility index (Phi) is 7.39. The van der Waals surface area contributed by atoms with E-state index in [9.17, 15) is 10.3 Å². The van der Waals surface area contributed by atoms with Gasteiger partial charge in [-0.1, -0.05) is 53.2 Å². The normalized spacial score (nSPS) is 11.2. The molecule has 0 fully saturated rings. The van der Waals surface area contributed by atoms with Crippen molar-refractivity contribution in [3.63, 3.8) is 0 Å². The van der Waals surface area contributed by atoms with E-state index >= 15 is 0 Å². The number of hydrogen-bond acceptors (Lipinski definition) is 8. The van der Waals surface area contributed by atoms with Crippen molar-refractivity contribution in [2.45, 2.75) is 6.61 Å². The van der Waals surface area contributed by atoms with Gasteiger partial charge in [0.25, 0.3) is 0 Å². The second kappa shape index (κ2) is 11.0. The average molecular weight is 490 g/mol. The number of phenolic OH excluding ortho intramolecular Hbond substituents is 1. The number of nitrogens with one attached hydrogen (secondary N) is 1. The molecule has 4 aromatic carbocycles. The molecule has 176 valence electrons. The zero-order valence-electron chi connectivity index (χ0n) is 18.3. The van der Waals surface area contributed by atoms with Gasteiger partial charge in [0.15, 0.2) is 0 Å². The highest BCUT2D eigenvalue weighted by Gasteiger charge is 2.13. The van der Waals surface area contributed by atoms with Crippen molar-refractivity contribution in [2.24, 2.45) is 15.4 Å². The van der Waals surface area contributed by atoms with E-state index in [0.717, 1.165) is 11.8 Å². The molecule has 9 nitrogen and oxygen atoms in total. The predicted octanol–water partition coefficient (Wildman–Crippen LogP) is 6.96. The Labute approximate surface area is 205 Å². The third kappa shape index (κ3) is 5.84.